The number of fused-ring (bicyclic) bond motifs is 1. The smallest absolute Gasteiger partial charge is 0.347 e. The van der Waals surface area contributed by atoms with Crippen molar-refractivity contribution >= 4 is 5.97 Å². The highest BCUT2D eigenvalue weighted by Crippen LogP contribution is 2.27. The van der Waals surface area contributed by atoms with Crippen LogP contribution in [0.3, 0.4) is 0 Å². The molecule has 1 atom stereocenters. The van der Waals surface area contributed by atoms with Crippen molar-refractivity contribution in [1.82, 2.24) is 5.32 Å². The van der Waals surface area contributed by atoms with Gasteiger partial charge in [-0.3, -0.25) is 0 Å². The molecule has 2 rings (SSSR count). The molecule has 0 bridgehead atoms. The zero-order valence-electron chi connectivity index (χ0n) is 12.4. The maximum atomic E-state index is 11.1. The van der Waals surface area contributed by atoms with E-state index in [4.69, 9.17) is 9.84 Å². The zero-order valence-corrected chi connectivity index (χ0v) is 12.4. The van der Waals surface area contributed by atoms with Crippen LogP contribution < -0.4 is 10.1 Å². The van der Waals surface area contributed by atoms with Gasteiger partial charge in [0.1, 0.15) is 5.75 Å². The van der Waals surface area contributed by atoms with Gasteiger partial charge in [-0.1, -0.05) is 13.0 Å². The van der Waals surface area contributed by atoms with E-state index in [1.165, 1.54) is 11.1 Å². The number of rotatable bonds is 5. The Bertz CT molecular complexity index is 496. The molecule has 0 radical (unpaired) electrons. The average Bonchev–Trinajstić information content (AvgIpc) is 2.38. The molecule has 4 nitrogen and oxygen atoms in total. The van der Waals surface area contributed by atoms with E-state index in [1.807, 2.05) is 12.1 Å². The minimum atomic E-state index is -1.20. The number of ether oxygens (including phenoxy) is 1. The number of carboxylic acid groups (broad SMARTS) is 1. The number of likely N-dealkylation sites (N-methyl/N-ethyl adjacent to an activating group) is 1. The molecule has 0 amide bonds. The van der Waals surface area contributed by atoms with E-state index in [1.54, 1.807) is 13.8 Å². The van der Waals surface area contributed by atoms with Crippen LogP contribution in [0.2, 0.25) is 0 Å². The van der Waals surface area contributed by atoms with Crippen molar-refractivity contribution in [2.75, 3.05) is 6.54 Å². The van der Waals surface area contributed by atoms with E-state index in [9.17, 15) is 4.79 Å². The lowest BCUT2D eigenvalue weighted by atomic mass is 9.88. The minimum Gasteiger partial charge on any atom is -0.478 e. The molecule has 4 heteroatoms. The summed E-state index contributed by atoms with van der Waals surface area (Å²) >= 11 is 0. The first-order valence-corrected chi connectivity index (χ1v) is 7.20. The molecule has 0 aliphatic heterocycles. The molecule has 0 saturated heterocycles. The van der Waals surface area contributed by atoms with Gasteiger partial charge in [-0.15, -0.1) is 0 Å². The fraction of sp³-hybridized carbons (Fsp3) is 0.562. The SMILES string of the molecule is CCNC1CCc2cc(OC(C)(C)C(=O)O)ccc2C1. The maximum absolute atomic E-state index is 11.1. The van der Waals surface area contributed by atoms with E-state index < -0.39 is 11.6 Å². The van der Waals surface area contributed by atoms with Crippen molar-refractivity contribution in [3.63, 3.8) is 0 Å². The van der Waals surface area contributed by atoms with Crippen LogP contribution in [-0.4, -0.2) is 29.3 Å². The minimum absolute atomic E-state index is 0.551. The number of carbonyl (C=O) groups is 1. The molecular weight excluding hydrogens is 254 g/mol. The molecule has 1 aliphatic rings. The van der Waals surface area contributed by atoms with Gasteiger partial charge in [0, 0.05) is 6.04 Å². The standard InChI is InChI=1S/C16H23NO3/c1-4-17-13-7-5-12-10-14(8-6-11(12)9-13)20-16(2,3)15(18)19/h6,8,10,13,17H,4-5,7,9H2,1-3H3,(H,18,19). The van der Waals surface area contributed by atoms with Gasteiger partial charge in [0.15, 0.2) is 5.60 Å². The summed E-state index contributed by atoms with van der Waals surface area (Å²) in [5.74, 6) is -0.319. The number of carboxylic acids is 1. The summed E-state index contributed by atoms with van der Waals surface area (Å²) in [6, 6.07) is 6.47. The first kappa shape index (κ1) is 14.9. The van der Waals surface area contributed by atoms with Crippen molar-refractivity contribution < 1.29 is 14.6 Å². The van der Waals surface area contributed by atoms with Crippen molar-refractivity contribution in [3.8, 4) is 5.75 Å². The van der Waals surface area contributed by atoms with E-state index in [0.717, 1.165) is 25.8 Å². The number of aliphatic carboxylic acids is 1. The first-order valence-electron chi connectivity index (χ1n) is 7.20. The quantitative estimate of drug-likeness (QED) is 0.867. The van der Waals surface area contributed by atoms with Crippen LogP contribution in [0.15, 0.2) is 18.2 Å². The molecule has 1 aromatic rings. The van der Waals surface area contributed by atoms with Crippen LogP contribution in [0.1, 0.15) is 38.3 Å². The molecule has 110 valence electrons. The summed E-state index contributed by atoms with van der Waals surface area (Å²) < 4.78 is 5.59. The Kier molecular flexibility index (Phi) is 4.33. The van der Waals surface area contributed by atoms with Crippen LogP contribution in [0.5, 0.6) is 5.75 Å². The molecule has 0 spiro atoms. The summed E-state index contributed by atoms with van der Waals surface area (Å²) in [6.45, 7) is 6.25. The number of aryl methyl sites for hydroxylation is 1. The predicted molar refractivity (Wildman–Crippen MR) is 78.3 cm³/mol. The fourth-order valence-corrected chi connectivity index (χ4v) is 2.60. The topological polar surface area (TPSA) is 58.6 Å². The predicted octanol–water partition coefficient (Wildman–Crippen LogP) is 2.40. The van der Waals surface area contributed by atoms with Gasteiger partial charge in [0.25, 0.3) is 0 Å². The van der Waals surface area contributed by atoms with E-state index >= 15 is 0 Å². The highest BCUT2D eigenvalue weighted by atomic mass is 16.5. The van der Waals surface area contributed by atoms with Gasteiger partial charge in [-0.2, -0.15) is 0 Å². The number of hydrogen-bond donors (Lipinski definition) is 2. The first-order chi connectivity index (χ1) is 9.42. The third-order valence-corrected chi connectivity index (χ3v) is 3.79. The van der Waals surface area contributed by atoms with Crippen molar-refractivity contribution in [2.45, 2.75) is 51.7 Å². The zero-order chi connectivity index (χ0) is 14.8. The molecule has 1 aliphatic carbocycles. The van der Waals surface area contributed by atoms with E-state index in [-0.39, 0.29) is 0 Å². The Balaban J connectivity index is 2.12. The van der Waals surface area contributed by atoms with E-state index in [0.29, 0.717) is 11.8 Å². The lowest BCUT2D eigenvalue weighted by molar-refractivity contribution is -0.152. The molecule has 1 aromatic carbocycles. The number of nitrogens with one attached hydrogen (secondary N) is 1. The average molecular weight is 277 g/mol. The Morgan fingerprint density at radius 1 is 1.45 bits per heavy atom. The normalized spacial score (nSPS) is 18.4. The third kappa shape index (κ3) is 3.31. The molecule has 0 heterocycles. The Hall–Kier alpha value is -1.55. The molecular formula is C16H23NO3. The van der Waals surface area contributed by atoms with Gasteiger partial charge in [-0.25, -0.2) is 4.79 Å². The van der Waals surface area contributed by atoms with Gasteiger partial charge in [0.2, 0.25) is 0 Å². The van der Waals surface area contributed by atoms with Crippen LogP contribution >= 0.6 is 0 Å². The summed E-state index contributed by atoms with van der Waals surface area (Å²) in [5, 5.41) is 12.6. The number of benzene rings is 1. The van der Waals surface area contributed by atoms with Crippen molar-refractivity contribution in [2.24, 2.45) is 0 Å². The summed E-state index contributed by atoms with van der Waals surface area (Å²) in [6.07, 6.45) is 3.16. The van der Waals surface area contributed by atoms with Gasteiger partial charge < -0.3 is 15.2 Å². The molecule has 0 fully saturated rings. The second-order valence-corrected chi connectivity index (χ2v) is 5.85. The summed E-state index contributed by atoms with van der Waals surface area (Å²) in [4.78, 5) is 11.1. The molecule has 0 saturated carbocycles. The number of hydrogen-bond acceptors (Lipinski definition) is 3. The fourth-order valence-electron chi connectivity index (χ4n) is 2.60. The molecule has 0 aromatic heterocycles. The Morgan fingerprint density at radius 3 is 2.85 bits per heavy atom. The largest absolute Gasteiger partial charge is 0.478 e. The second-order valence-electron chi connectivity index (χ2n) is 5.85. The van der Waals surface area contributed by atoms with Crippen molar-refractivity contribution in [3.05, 3.63) is 29.3 Å². The summed E-state index contributed by atoms with van der Waals surface area (Å²) in [5.41, 5.74) is 1.41. The van der Waals surface area contributed by atoms with Gasteiger partial charge in [-0.05, 0) is 62.9 Å². The highest BCUT2D eigenvalue weighted by Gasteiger charge is 2.29. The molecule has 20 heavy (non-hydrogen) atoms. The van der Waals surface area contributed by atoms with Gasteiger partial charge in [0.05, 0.1) is 0 Å². The Labute approximate surface area is 120 Å². The van der Waals surface area contributed by atoms with Gasteiger partial charge >= 0.3 is 5.97 Å². The molecule has 1 unspecified atom stereocenters. The lowest BCUT2D eigenvalue weighted by Gasteiger charge is -2.27. The van der Waals surface area contributed by atoms with Crippen LogP contribution in [-0.2, 0) is 17.6 Å². The summed E-state index contributed by atoms with van der Waals surface area (Å²) in [7, 11) is 0. The Morgan fingerprint density at radius 2 is 2.20 bits per heavy atom. The van der Waals surface area contributed by atoms with Crippen molar-refractivity contribution in [1.29, 1.82) is 0 Å². The van der Waals surface area contributed by atoms with Crippen LogP contribution in [0.4, 0.5) is 0 Å². The van der Waals surface area contributed by atoms with E-state index in [2.05, 4.69) is 18.3 Å². The second kappa shape index (κ2) is 5.83. The monoisotopic (exact) mass is 277 g/mol. The molecule has 2 N–H and O–H groups in total. The third-order valence-electron chi connectivity index (χ3n) is 3.79. The highest BCUT2D eigenvalue weighted by molar-refractivity contribution is 5.76. The van der Waals surface area contributed by atoms with Crippen LogP contribution in [0.25, 0.3) is 0 Å². The lowest BCUT2D eigenvalue weighted by Crippen LogP contribution is -2.38. The van der Waals surface area contributed by atoms with Crippen LogP contribution in [0, 0.1) is 0 Å². The maximum Gasteiger partial charge on any atom is 0.347 e.